The average molecular weight is 392 g/mol. The first-order chi connectivity index (χ1) is 14.0. The van der Waals surface area contributed by atoms with Crippen LogP contribution < -0.4 is 10.9 Å². The zero-order valence-corrected chi connectivity index (χ0v) is 16.5. The quantitative estimate of drug-likeness (QED) is 0.515. The van der Waals surface area contributed by atoms with Gasteiger partial charge in [0.1, 0.15) is 0 Å². The molecule has 1 aromatic heterocycles. The number of aliphatic imine (C=N–C) groups is 1. The maximum absolute atomic E-state index is 13.1. The molecule has 2 aromatic carbocycles. The van der Waals surface area contributed by atoms with Gasteiger partial charge in [0.2, 0.25) is 0 Å². The Morgan fingerprint density at radius 2 is 2.00 bits per heavy atom. The number of anilines is 1. The minimum absolute atomic E-state index is 0.223. The topological polar surface area (TPSA) is 99.5 Å². The van der Waals surface area contributed by atoms with Crippen molar-refractivity contribution in [1.82, 2.24) is 9.78 Å². The van der Waals surface area contributed by atoms with Gasteiger partial charge in [-0.2, -0.15) is 0 Å². The number of hydrogen-bond acceptors (Lipinski definition) is 3. The lowest BCUT2D eigenvalue weighted by molar-refractivity contribution is 0.210. The fourth-order valence-electron chi connectivity index (χ4n) is 3.17. The van der Waals surface area contributed by atoms with Crippen LogP contribution in [0.4, 0.5) is 16.2 Å². The molecule has 0 fully saturated rings. The summed E-state index contributed by atoms with van der Waals surface area (Å²) in [5.41, 5.74) is 3.98. The molecule has 0 bridgehead atoms. The van der Waals surface area contributed by atoms with E-state index in [1.54, 1.807) is 30.5 Å². The second-order valence-corrected chi connectivity index (χ2v) is 6.62. The number of rotatable bonds is 7. The highest BCUT2D eigenvalue weighted by atomic mass is 16.4. The van der Waals surface area contributed by atoms with Gasteiger partial charge in [-0.15, -0.1) is 0 Å². The molecule has 0 saturated heterocycles. The van der Waals surface area contributed by atoms with Crippen LogP contribution in [-0.4, -0.2) is 27.2 Å². The minimum atomic E-state index is -1.16. The van der Waals surface area contributed by atoms with E-state index in [9.17, 15) is 9.59 Å². The second-order valence-electron chi connectivity index (χ2n) is 6.62. The lowest BCUT2D eigenvalue weighted by Crippen LogP contribution is -2.17. The number of para-hydroxylation sites is 1. The van der Waals surface area contributed by atoms with E-state index < -0.39 is 6.09 Å². The molecule has 0 atom stereocenters. The van der Waals surface area contributed by atoms with Crippen LogP contribution in [-0.2, 0) is 12.8 Å². The van der Waals surface area contributed by atoms with E-state index in [4.69, 9.17) is 5.11 Å². The molecule has 0 unspecified atom stereocenters. The van der Waals surface area contributed by atoms with Gasteiger partial charge in [-0.05, 0) is 42.7 Å². The summed E-state index contributed by atoms with van der Waals surface area (Å²) >= 11 is 0. The molecule has 29 heavy (non-hydrogen) atoms. The van der Waals surface area contributed by atoms with E-state index in [0.29, 0.717) is 23.4 Å². The maximum atomic E-state index is 13.1. The molecule has 0 aliphatic carbocycles. The lowest BCUT2D eigenvalue weighted by atomic mass is 10.1. The van der Waals surface area contributed by atoms with E-state index in [1.165, 1.54) is 4.68 Å². The standard InChI is InChI=1S/C22H24N4O3/c1-3-8-20-18(14-23-19-12-6-5-9-15(19)4-2)21(27)26(25-20)17-11-7-10-16(13-17)24-22(28)29/h5-7,9-14,24-25H,3-4,8H2,1-2H3,(H,28,29). The van der Waals surface area contributed by atoms with Crippen molar-refractivity contribution in [2.24, 2.45) is 4.99 Å². The van der Waals surface area contributed by atoms with Crippen molar-refractivity contribution in [2.45, 2.75) is 33.1 Å². The summed E-state index contributed by atoms with van der Waals surface area (Å²) in [5.74, 6) is 0. The van der Waals surface area contributed by atoms with Crippen LogP contribution in [0.15, 0.2) is 58.3 Å². The minimum Gasteiger partial charge on any atom is -0.465 e. The number of carbonyl (C=O) groups is 1. The Kier molecular flexibility index (Phi) is 6.29. The second kappa shape index (κ2) is 9.05. The maximum Gasteiger partial charge on any atom is 0.409 e. The molecule has 0 aliphatic heterocycles. The van der Waals surface area contributed by atoms with Crippen molar-refractivity contribution in [2.75, 3.05) is 5.32 Å². The van der Waals surface area contributed by atoms with Crippen molar-refractivity contribution in [3.63, 3.8) is 0 Å². The Hall–Kier alpha value is -3.61. The summed E-state index contributed by atoms with van der Waals surface area (Å²) in [6.07, 6.45) is 2.89. The third-order valence-corrected chi connectivity index (χ3v) is 4.57. The number of aromatic nitrogens is 2. The van der Waals surface area contributed by atoms with Gasteiger partial charge in [-0.25, -0.2) is 9.48 Å². The Bertz CT molecular complexity index is 1100. The molecule has 3 aromatic rings. The summed E-state index contributed by atoms with van der Waals surface area (Å²) in [6.45, 7) is 4.11. The molecule has 7 nitrogen and oxygen atoms in total. The number of nitrogens with one attached hydrogen (secondary N) is 2. The summed E-state index contributed by atoms with van der Waals surface area (Å²) in [5, 5.41) is 14.4. The number of nitrogens with zero attached hydrogens (tertiary/aromatic N) is 2. The van der Waals surface area contributed by atoms with Gasteiger partial charge in [0, 0.05) is 17.6 Å². The summed E-state index contributed by atoms with van der Waals surface area (Å²) in [6, 6.07) is 14.5. The third-order valence-electron chi connectivity index (χ3n) is 4.57. The highest BCUT2D eigenvalue weighted by Gasteiger charge is 2.14. The number of carboxylic acid groups (broad SMARTS) is 1. The Morgan fingerprint density at radius 3 is 2.72 bits per heavy atom. The number of benzene rings is 2. The van der Waals surface area contributed by atoms with Crippen LogP contribution in [0.5, 0.6) is 0 Å². The van der Waals surface area contributed by atoms with Crippen LogP contribution in [0, 0.1) is 0 Å². The predicted molar refractivity (Wildman–Crippen MR) is 115 cm³/mol. The van der Waals surface area contributed by atoms with E-state index in [2.05, 4.69) is 22.3 Å². The molecule has 0 radical (unpaired) electrons. The van der Waals surface area contributed by atoms with Gasteiger partial charge in [0.15, 0.2) is 0 Å². The highest BCUT2D eigenvalue weighted by Crippen LogP contribution is 2.19. The van der Waals surface area contributed by atoms with Crippen LogP contribution in [0.2, 0.25) is 0 Å². The Labute approximate surface area is 168 Å². The Morgan fingerprint density at radius 1 is 1.21 bits per heavy atom. The van der Waals surface area contributed by atoms with Gasteiger partial charge in [0.25, 0.3) is 5.56 Å². The zero-order valence-electron chi connectivity index (χ0n) is 16.5. The van der Waals surface area contributed by atoms with Crippen molar-refractivity contribution in [3.8, 4) is 5.69 Å². The van der Waals surface area contributed by atoms with Gasteiger partial charge in [0.05, 0.1) is 16.9 Å². The lowest BCUT2D eigenvalue weighted by Gasteiger charge is -2.05. The van der Waals surface area contributed by atoms with Crippen LogP contribution in [0.3, 0.4) is 0 Å². The van der Waals surface area contributed by atoms with Gasteiger partial charge < -0.3 is 5.11 Å². The van der Waals surface area contributed by atoms with E-state index >= 15 is 0 Å². The predicted octanol–water partition coefficient (Wildman–Crippen LogP) is 4.52. The highest BCUT2D eigenvalue weighted by molar-refractivity contribution is 5.84. The molecule has 1 amide bonds. The number of aryl methyl sites for hydroxylation is 2. The molecule has 3 N–H and O–H groups in total. The number of H-pyrrole nitrogens is 1. The SMILES string of the molecule is CCCc1[nH]n(-c2cccc(NC(=O)O)c2)c(=O)c1C=Nc1ccccc1CC. The van der Waals surface area contributed by atoms with Crippen molar-refractivity contribution in [3.05, 3.63) is 75.7 Å². The van der Waals surface area contributed by atoms with Crippen LogP contribution in [0.25, 0.3) is 5.69 Å². The molecule has 0 aliphatic rings. The van der Waals surface area contributed by atoms with Gasteiger partial charge in [-0.1, -0.05) is 44.5 Å². The number of aromatic amines is 1. The van der Waals surface area contributed by atoms with Crippen LogP contribution >= 0.6 is 0 Å². The first-order valence-electron chi connectivity index (χ1n) is 9.59. The summed E-state index contributed by atoms with van der Waals surface area (Å²) in [4.78, 5) is 28.5. The number of hydrogen-bond donors (Lipinski definition) is 3. The molecule has 1 heterocycles. The monoisotopic (exact) mass is 392 g/mol. The van der Waals surface area contributed by atoms with Gasteiger partial charge in [-0.3, -0.25) is 20.2 Å². The third kappa shape index (κ3) is 4.63. The zero-order chi connectivity index (χ0) is 20.8. The fraction of sp³-hybridized carbons (Fsp3) is 0.227. The van der Waals surface area contributed by atoms with Crippen molar-refractivity contribution < 1.29 is 9.90 Å². The fourth-order valence-corrected chi connectivity index (χ4v) is 3.17. The smallest absolute Gasteiger partial charge is 0.409 e. The van der Waals surface area contributed by atoms with E-state index in [0.717, 1.165) is 29.8 Å². The molecular formula is C22H24N4O3. The molecule has 0 saturated carbocycles. The van der Waals surface area contributed by atoms with Gasteiger partial charge >= 0.3 is 6.09 Å². The first kappa shape index (κ1) is 20.1. The molecule has 3 rings (SSSR count). The van der Waals surface area contributed by atoms with Crippen LogP contribution in [0.1, 0.15) is 37.1 Å². The van der Waals surface area contributed by atoms with E-state index in [1.807, 2.05) is 31.2 Å². The van der Waals surface area contributed by atoms with E-state index in [-0.39, 0.29) is 5.56 Å². The molecule has 0 spiro atoms. The van der Waals surface area contributed by atoms with Crippen molar-refractivity contribution >= 4 is 23.7 Å². The number of amides is 1. The normalized spacial score (nSPS) is 11.1. The first-order valence-corrected chi connectivity index (χ1v) is 9.59. The summed E-state index contributed by atoms with van der Waals surface area (Å²) in [7, 11) is 0. The average Bonchev–Trinajstić information content (AvgIpc) is 3.02. The Balaban J connectivity index is 2.03. The largest absolute Gasteiger partial charge is 0.465 e. The molecule has 150 valence electrons. The summed E-state index contributed by atoms with van der Waals surface area (Å²) < 4.78 is 1.42. The molecular weight excluding hydrogens is 368 g/mol. The van der Waals surface area contributed by atoms with Crippen molar-refractivity contribution in [1.29, 1.82) is 0 Å². The molecule has 7 heteroatoms.